The summed E-state index contributed by atoms with van der Waals surface area (Å²) in [4.78, 5) is 4.48. The Balaban J connectivity index is 1.95. The summed E-state index contributed by atoms with van der Waals surface area (Å²) in [6.45, 7) is 2.03. The van der Waals surface area contributed by atoms with Gasteiger partial charge in [0.05, 0.1) is 20.8 Å². The molecule has 0 spiro atoms. The van der Waals surface area contributed by atoms with Crippen molar-refractivity contribution in [3.05, 3.63) is 47.2 Å². The van der Waals surface area contributed by atoms with E-state index in [4.69, 9.17) is 11.6 Å². The first-order valence-corrected chi connectivity index (χ1v) is 10.6. The van der Waals surface area contributed by atoms with Crippen LogP contribution in [0.25, 0.3) is 10.2 Å². The third-order valence-electron chi connectivity index (χ3n) is 3.09. The van der Waals surface area contributed by atoms with Crippen molar-refractivity contribution in [2.24, 2.45) is 0 Å². The smallest absolute Gasteiger partial charge is 0.262 e. The number of hydrogen-bond donors (Lipinski definition) is 1. The Hall–Kier alpha value is -1.35. The van der Waals surface area contributed by atoms with Crippen LogP contribution in [-0.2, 0) is 10.0 Å². The van der Waals surface area contributed by atoms with Gasteiger partial charge in [-0.2, -0.15) is 0 Å². The number of nitrogens with zero attached hydrogens (tertiary/aromatic N) is 1. The number of rotatable bonds is 5. The van der Waals surface area contributed by atoms with E-state index < -0.39 is 15.8 Å². The molecule has 0 aliphatic carbocycles. The Morgan fingerprint density at radius 2 is 2.08 bits per heavy atom. The van der Waals surface area contributed by atoms with E-state index in [-0.39, 0.29) is 15.6 Å². The van der Waals surface area contributed by atoms with Crippen molar-refractivity contribution in [3.8, 4) is 0 Å². The zero-order valence-electron chi connectivity index (χ0n) is 12.4. The van der Waals surface area contributed by atoms with Crippen LogP contribution in [0.2, 0.25) is 5.02 Å². The zero-order chi connectivity index (χ0) is 17.3. The number of aromatic nitrogens is 1. The Bertz CT molecular complexity index is 1010. The van der Waals surface area contributed by atoms with Crippen LogP contribution in [0.1, 0.15) is 6.92 Å². The number of thiazole rings is 1. The number of hydrogen-bond acceptors (Lipinski definition) is 5. The average molecular weight is 403 g/mol. The SMILES string of the molecule is CCSc1nc2ccc(S(=O)(=O)Nc3ccc(Cl)cc3F)cc2s1. The molecule has 3 aromatic rings. The van der Waals surface area contributed by atoms with Gasteiger partial charge in [-0.1, -0.05) is 30.3 Å². The summed E-state index contributed by atoms with van der Waals surface area (Å²) < 4.78 is 42.7. The minimum Gasteiger partial charge on any atom is -0.277 e. The van der Waals surface area contributed by atoms with Gasteiger partial charge in [0.15, 0.2) is 4.34 Å². The lowest BCUT2D eigenvalue weighted by Gasteiger charge is -2.09. The van der Waals surface area contributed by atoms with E-state index in [0.29, 0.717) is 0 Å². The highest BCUT2D eigenvalue weighted by Gasteiger charge is 2.18. The van der Waals surface area contributed by atoms with E-state index >= 15 is 0 Å². The van der Waals surface area contributed by atoms with Gasteiger partial charge in [0.1, 0.15) is 5.82 Å². The lowest BCUT2D eigenvalue weighted by atomic mass is 10.3. The fourth-order valence-electron chi connectivity index (χ4n) is 2.01. The van der Waals surface area contributed by atoms with E-state index in [9.17, 15) is 12.8 Å². The molecule has 0 unspecified atom stereocenters. The normalized spacial score (nSPS) is 11.8. The zero-order valence-corrected chi connectivity index (χ0v) is 15.6. The van der Waals surface area contributed by atoms with Crippen LogP contribution in [-0.4, -0.2) is 19.2 Å². The van der Waals surface area contributed by atoms with Crippen LogP contribution >= 0.6 is 34.7 Å². The molecule has 1 aromatic heterocycles. The number of halogens is 2. The van der Waals surface area contributed by atoms with E-state index in [1.807, 2.05) is 6.92 Å². The highest BCUT2D eigenvalue weighted by Crippen LogP contribution is 2.31. The molecule has 126 valence electrons. The van der Waals surface area contributed by atoms with Gasteiger partial charge in [0, 0.05) is 5.02 Å². The van der Waals surface area contributed by atoms with Gasteiger partial charge in [-0.15, -0.1) is 11.3 Å². The molecule has 0 atom stereocenters. The summed E-state index contributed by atoms with van der Waals surface area (Å²) >= 11 is 8.71. The Labute approximate surface area is 152 Å². The topological polar surface area (TPSA) is 59.1 Å². The summed E-state index contributed by atoms with van der Waals surface area (Å²) in [6.07, 6.45) is 0. The molecular weight excluding hydrogens is 391 g/mol. The molecule has 24 heavy (non-hydrogen) atoms. The van der Waals surface area contributed by atoms with E-state index in [2.05, 4.69) is 9.71 Å². The summed E-state index contributed by atoms with van der Waals surface area (Å²) in [7, 11) is -3.90. The fourth-order valence-corrected chi connectivity index (χ4v) is 5.34. The first kappa shape index (κ1) is 17.5. The second-order valence-corrected chi connectivity index (χ2v) is 9.43. The molecule has 0 fully saturated rings. The van der Waals surface area contributed by atoms with Crippen LogP contribution in [0.3, 0.4) is 0 Å². The van der Waals surface area contributed by atoms with Gasteiger partial charge in [0.2, 0.25) is 0 Å². The molecule has 3 rings (SSSR count). The Morgan fingerprint density at radius 3 is 2.79 bits per heavy atom. The van der Waals surface area contributed by atoms with E-state index in [0.717, 1.165) is 26.4 Å². The Kier molecular flexibility index (Phi) is 5.00. The summed E-state index contributed by atoms with van der Waals surface area (Å²) in [6, 6.07) is 8.42. The van der Waals surface area contributed by atoms with Crippen LogP contribution in [0.15, 0.2) is 45.6 Å². The lowest BCUT2D eigenvalue weighted by Crippen LogP contribution is -2.13. The predicted molar refractivity (Wildman–Crippen MR) is 98.2 cm³/mol. The summed E-state index contributed by atoms with van der Waals surface area (Å²) in [5, 5.41) is 0.197. The van der Waals surface area contributed by atoms with Crippen molar-refractivity contribution in [1.82, 2.24) is 4.98 Å². The lowest BCUT2D eigenvalue weighted by molar-refractivity contribution is 0.598. The molecule has 0 amide bonds. The summed E-state index contributed by atoms with van der Waals surface area (Å²) in [5.74, 6) is 0.161. The Morgan fingerprint density at radius 1 is 1.29 bits per heavy atom. The number of anilines is 1. The van der Waals surface area contributed by atoms with Crippen molar-refractivity contribution < 1.29 is 12.8 Å². The highest BCUT2D eigenvalue weighted by molar-refractivity contribution is 8.01. The van der Waals surface area contributed by atoms with Gasteiger partial charge in [-0.05, 0) is 42.2 Å². The van der Waals surface area contributed by atoms with Gasteiger partial charge in [-0.25, -0.2) is 17.8 Å². The van der Waals surface area contributed by atoms with Crippen molar-refractivity contribution >= 4 is 60.6 Å². The predicted octanol–water partition coefficient (Wildman–Crippen LogP) is 5.00. The number of sulfonamides is 1. The third kappa shape index (κ3) is 3.66. The van der Waals surface area contributed by atoms with Crippen LogP contribution in [0.4, 0.5) is 10.1 Å². The maximum atomic E-state index is 13.8. The number of benzene rings is 2. The average Bonchev–Trinajstić information content (AvgIpc) is 2.92. The minimum atomic E-state index is -3.90. The molecule has 9 heteroatoms. The van der Waals surface area contributed by atoms with Crippen molar-refractivity contribution in [1.29, 1.82) is 0 Å². The molecule has 2 aromatic carbocycles. The van der Waals surface area contributed by atoms with Gasteiger partial charge < -0.3 is 0 Å². The highest BCUT2D eigenvalue weighted by atomic mass is 35.5. The minimum absolute atomic E-state index is 0.0565. The largest absolute Gasteiger partial charge is 0.277 e. The molecule has 0 aliphatic rings. The first-order chi connectivity index (χ1) is 11.4. The van der Waals surface area contributed by atoms with Gasteiger partial charge >= 0.3 is 0 Å². The standard InChI is InChI=1S/C15H12ClFN2O2S3/c1-2-22-15-18-13-6-4-10(8-14(13)23-15)24(20,21)19-12-5-3-9(16)7-11(12)17/h3-8,19H,2H2,1H3. The molecule has 0 bridgehead atoms. The maximum Gasteiger partial charge on any atom is 0.262 e. The number of fused-ring (bicyclic) bond motifs is 1. The molecule has 1 N–H and O–H groups in total. The number of thioether (sulfide) groups is 1. The molecule has 0 saturated heterocycles. The van der Waals surface area contributed by atoms with Crippen molar-refractivity contribution in [2.45, 2.75) is 16.2 Å². The second kappa shape index (κ2) is 6.87. The molecule has 0 radical (unpaired) electrons. The van der Waals surface area contributed by atoms with Gasteiger partial charge in [0.25, 0.3) is 10.0 Å². The fraction of sp³-hybridized carbons (Fsp3) is 0.133. The van der Waals surface area contributed by atoms with Crippen LogP contribution in [0, 0.1) is 5.82 Å². The first-order valence-electron chi connectivity index (χ1n) is 6.90. The van der Waals surface area contributed by atoms with Gasteiger partial charge in [-0.3, -0.25) is 4.72 Å². The maximum absolute atomic E-state index is 13.8. The number of nitrogens with one attached hydrogen (secondary N) is 1. The molecule has 0 aliphatic heterocycles. The van der Waals surface area contributed by atoms with E-state index in [1.54, 1.807) is 23.9 Å². The second-order valence-electron chi connectivity index (χ2n) is 4.77. The summed E-state index contributed by atoms with van der Waals surface area (Å²) in [5.41, 5.74) is 0.596. The van der Waals surface area contributed by atoms with Crippen molar-refractivity contribution in [3.63, 3.8) is 0 Å². The quantitative estimate of drug-likeness (QED) is 0.610. The molecule has 0 saturated carbocycles. The third-order valence-corrected chi connectivity index (χ3v) is 6.74. The molecule has 1 heterocycles. The van der Waals surface area contributed by atoms with Crippen molar-refractivity contribution in [2.75, 3.05) is 10.5 Å². The van der Waals surface area contributed by atoms with Crippen LogP contribution in [0.5, 0.6) is 0 Å². The van der Waals surface area contributed by atoms with E-state index in [1.165, 1.54) is 29.5 Å². The van der Waals surface area contributed by atoms with Crippen LogP contribution < -0.4 is 4.72 Å². The molecular formula is C15H12ClFN2O2S3. The monoisotopic (exact) mass is 402 g/mol. The molecule has 4 nitrogen and oxygen atoms in total.